The molecule has 0 saturated heterocycles. The topological polar surface area (TPSA) is 0 Å². The summed E-state index contributed by atoms with van der Waals surface area (Å²) < 4.78 is 0. The standard InChI is InChI=1S/C33H37P/c1-25(26-21-22-30-31(23-26)33(4,5)24-32(30,2)3)34(27-15-9-6-10-16-27,28-17-11-7-12-18-28)29-19-13-8-14-20-29/h6-23,25,34H,24H2,1-5H3. The van der Waals surface area contributed by atoms with E-state index in [2.05, 4.69) is 144 Å². The number of hydrogen-bond acceptors (Lipinski definition) is 0. The molecule has 0 spiro atoms. The molecule has 5 rings (SSSR count). The van der Waals surface area contributed by atoms with E-state index in [0.717, 1.165) is 0 Å². The van der Waals surface area contributed by atoms with Gasteiger partial charge in [-0.2, -0.15) is 0 Å². The fraction of sp³-hybridized carbons (Fsp3) is 0.273. The predicted octanol–water partition coefficient (Wildman–Crippen LogP) is 7.43. The van der Waals surface area contributed by atoms with Crippen molar-refractivity contribution in [3.05, 3.63) is 126 Å². The third-order valence-corrected chi connectivity index (χ3v) is 13.6. The molecule has 4 aromatic rings. The molecule has 1 unspecified atom stereocenters. The van der Waals surface area contributed by atoms with Gasteiger partial charge in [0.15, 0.2) is 0 Å². The van der Waals surface area contributed by atoms with Crippen molar-refractivity contribution < 1.29 is 0 Å². The van der Waals surface area contributed by atoms with E-state index in [4.69, 9.17) is 0 Å². The van der Waals surface area contributed by atoms with Crippen LogP contribution in [0.4, 0.5) is 0 Å². The first-order valence-corrected chi connectivity index (χ1v) is 14.7. The van der Waals surface area contributed by atoms with Crippen molar-refractivity contribution in [1.82, 2.24) is 0 Å². The summed E-state index contributed by atoms with van der Waals surface area (Å²) in [6, 6.07) is 41.3. The van der Waals surface area contributed by atoms with Gasteiger partial charge in [0.1, 0.15) is 0 Å². The van der Waals surface area contributed by atoms with Crippen molar-refractivity contribution in [2.24, 2.45) is 0 Å². The van der Waals surface area contributed by atoms with Gasteiger partial charge in [-0.3, -0.25) is 0 Å². The first kappa shape index (κ1) is 23.1. The van der Waals surface area contributed by atoms with E-state index >= 15 is 0 Å². The Morgan fingerprint density at radius 2 is 0.971 bits per heavy atom. The summed E-state index contributed by atoms with van der Waals surface area (Å²) in [4.78, 5) is 0. The Hall–Kier alpha value is -2.69. The van der Waals surface area contributed by atoms with Crippen molar-refractivity contribution in [3.63, 3.8) is 0 Å². The molecule has 0 saturated carbocycles. The van der Waals surface area contributed by atoms with Crippen molar-refractivity contribution in [1.29, 1.82) is 0 Å². The number of rotatable bonds is 5. The SMILES string of the molecule is CC(c1ccc2c(c1)C(C)(C)CC2(C)C)[PH](c1ccccc1)(c1ccccc1)c1ccccc1. The Bertz CT molecular complexity index is 1170. The zero-order chi connectivity index (χ0) is 24.0. The van der Waals surface area contributed by atoms with Crippen LogP contribution in [0, 0.1) is 0 Å². The van der Waals surface area contributed by atoms with Crippen LogP contribution in [0.1, 0.15) is 63.4 Å². The zero-order valence-electron chi connectivity index (χ0n) is 21.2. The molecule has 1 aliphatic rings. The predicted molar refractivity (Wildman–Crippen MR) is 152 cm³/mol. The van der Waals surface area contributed by atoms with E-state index < -0.39 is 7.26 Å². The number of benzene rings is 4. The molecular formula is C33H37P. The molecule has 0 aromatic heterocycles. The number of fused-ring (bicyclic) bond motifs is 1. The summed E-state index contributed by atoms with van der Waals surface area (Å²) in [6.45, 7) is 12.1. The maximum absolute atomic E-state index is 2.56. The molecule has 0 N–H and O–H groups in total. The third-order valence-electron chi connectivity index (χ3n) is 8.22. The maximum atomic E-state index is 2.56. The summed E-state index contributed by atoms with van der Waals surface area (Å²) in [7, 11) is -2.38. The van der Waals surface area contributed by atoms with Gasteiger partial charge in [-0.15, -0.1) is 0 Å². The van der Waals surface area contributed by atoms with Gasteiger partial charge >= 0.3 is 207 Å². The van der Waals surface area contributed by atoms with Crippen LogP contribution in [-0.4, -0.2) is 0 Å². The van der Waals surface area contributed by atoms with E-state index in [9.17, 15) is 0 Å². The van der Waals surface area contributed by atoms with Crippen molar-refractivity contribution in [2.75, 3.05) is 0 Å². The fourth-order valence-electron chi connectivity index (χ4n) is 6.88. The van der Waals surface area contributed by atoms with E-state index in [0.29, 0.717) is 5.66 Å². The Balaban J connectivity index is 1.79. The van der Waals surface area contributed by atoms with Crippen molar-refractivity contribution >= 4 is 23.2 Å². The number of hydrogen-bond donors (Lipinski definition) is 0. The molecule has 0 bridgehead atoms. The minimum absolute atomic E-state index is 0.199. The van der Waals surface area contributed by atoms with E-state index in [1.807, 2.05) is 0 Å². The molecule has 0 amide bonds. The summed E-state index contributed by atoms with van der Waals surface area (Å²) in [6.07, 6.45) is 1.20. The van der Waals surface area contributed by atoms with Gasteiger partial charge in [-0.1, -0.05) is 0 Å². The molecule has 1 heteroatoms. The third kappa shape index (κ3) is 3.64. The van der Waals surface area contributed by atoms with Crippen LogP contribution < -0.4 is 15.9 Å². The van der Waals surface area contributed by atoms with Crippen LogP contribution in [0.15, 0.2) is 109 Å². The summed E-state index contributed by atoms with van der Waals surface area (Å²) in [5.41, 5.74) is 5.34. The van der Waals surface area contributed by atoms with Gasteiger partial charge in [0.2, 0.25) is 0 Å². The molecule has 0 nitrogen and oxygen atoms in total. The second-order valence-electron chi connectivity index (χ2n) is 11.4. The van der Waals surface area contributed by atoms with Crippen LogP contribution >= 0.6 is 7.26 Å². The van der Waals surface area contributed by atoms with Crippen LogP contribution in [-0.2, 0) is 10.8 Å². The summed E-state index contributed by atoms with van der Waals surface area (Å²) >= 11 is 0. The average Bonchev–Trinajstić information content (AvgIpc) is 3.04. The summed E-state index contributed by atoms with van der Waals surface area (Å²) in [5, 5.41) is 4.42. The Labute approximate surface area is 206 Å². The van der Waals surface area contributed by atoms with Crippen LogP contribution in [0.25, 0.3) is 0 Å². The van der Waals surface area contributed by atoms with Crippen LogP contribution in [0.2, 0.25) is 0 Å². The monoisotopic (exact) mass is 464 g/mol. The van der Waals surface area contributed by atoms with Gasteiger partial charge in [-0.05, 0) is 0 Å². The Morgan fingerprint density at radius 1 is 0.559 bits per heavy atom. The van der Waals surface area contributed by atoms with Gasteiger partial charge in [0, 0.05) is 0 Å². The molecule has 0 heterocycles. The molecule has 174 valence electrons. The van der Waals surface area contributed by atoms with Gasteiger partial charge in [-0.25, -0.2) is 0 Å². The first-order chi connectivity index (χ1) is 16.3. The normalized spacial score (nSPS) is 17.7. The minimum atomic E-state index is -2.38. The average molecular weight is 465 g/mol. The quantitative estimate of drug-likeness (QED) is 0.269. The molecule has 0 aliphatic heterocycles. The Kier molecular flexibility index (Phi) is 5.78. The van der Waals surface area contributed by atoms with E-state index in [-0.39, 0.29) is 10.8 Å². The van der Waals surface area contributed by atoms with E-state index in [1.54, 1.807) is 5.56 Å². The van der Waals surface area contributed by atoms with E-state index in [1.165, 1.54) is 33.5 Å². The molecule has 1 aliphatic carbocycles. The summed E-state index contributed by atoms with van der Waals surface area (Å²) in [5.74, 6) is 0. The second-order valence-corrected chi connectivity index (χ2v) is 15.6. The molecule has 0 fully saturated rings. The van der Waals surface area contributed by atoms with Crippen molar-refractivity contribution in [3.8, 4) is 0 Å². The van der Waals surface area contributed by atoms with Crippen LogP contribution in [0.5, 0.6) is 0 Å². The van der Waals surface area contributed by atoms with Gasteiger partial charge in [0.05, 0.1) is 0 Å². The molecule has 4 aromatic carbocycles. The molecule has 0 radical (unpaired) electrons. The second kappa shape index (κ2) is 8.51. The van der Waals surface area contributed by atoms with Crippen LogP contribution in [0.3, 0.4) is 0 Å². The zero-order valence-corrected chi connectivity index (χ0v) is 22.2. The Morgan fingerprint density at radius 3 is 1.41 bits per heavy atom. The molecule has 34 heavy (non-hydrogen) atoms. The molecule has 1 atom stereocenters. The first-order valence-electron chi connectivity index (χ1n) is 12.6. The molecular weight excluding hydrogens is 427 g/mol. The fourth-order valence-corrected chi connectivity index (χ4v) is 12.2. The van der Waals surface area contributed by atoms with Gasteiger partial charge < -0.3 is 0 Å². The van der Waals surface area contributed by atoms with Crippen molar-refractivity contribution in [2.45, 2.75) is 57.5 Å². The van der Waals surface area contributed by atoms with Gasteiger partial charge in [0.25, 0.3) is 0 Å².